The highest BCUT2D eigenvalue weighted by Gasteiger charge is 2.31. The van der Waals surface area contributed by atoms with Gasteiger partial charge in [0.15, 0.2) is 0 Å². The first-order chi connectivity index (χ1) is 9.08. The van der Waals surface area contributed by atoms with Crippen molar-refractivity contribution in [3.8, 4) is 0 Å². The number of hydrogen-bond donors (Lipinski definition) is 2. The second kappa shape index (κ2) is 6.25. The first kappa shape index (κ1) is 14.8. The van der Waals surface area contributed by atoms with E-state index in [9.17, 15) is 0 Å². The molecule has 0 saturated heterocycles. The molecule has 2 rings (SSSR count). The number of rotatable bonds is 5. The highest BCUT2D eigenvalue weighted by molar-refractivity contribution is 6.31. The van der Waals surface area contributed by atoms with Gasteiger partial charge in [-0.1, -0.05) is 31.4 Å². The van der Waals surface area contributed by atoms with Crippen molar-refractivity contribution in [1.29, 1.82) is 0 Å². The Kier molecular flexibility index (Phi) is 4.87. The maximum atomic E-state index is 6.38. The van der Waals surface area contributed by atoms with Crippen LogP contribution in [0.15, 0.2) is 0 Å². The molecule has 0 radical (unpaired) electrons. The van der Waals surface area contributed by atoms with Crippen LogP contribution in [-0.4, -0.2) is 15.8 Å². The zero-order chi connectivity index (χ0) is 14.0. The van der Waals surface area contributed by atoms with Gasteiger partial charge in [-0.05, 0) is 32.1 Å². The molecule has 1 saturated carbocycles. The van der Waals surface area contributed by atoms with Crippen LogP contribution in [-0.2, 0) is 13.0 Å². The van der Waals surface area contributed by atoms with Crippen LogP contribution < -0.4 is 11.3 Å². The van der Waals surface area contributed by atoms with Crippen molar-refractivity contribution in [1.82, 2.24) is 15.2 Å². The summed E-state index contributed by atoms with van der Waals surface area (Å²) in [7, 11) is 0. The first-order valence-corrected chi connectivity index (χ1v) is 7.64. The summed E-state index contributed by atoms with van der Waals surface area (Å²) in [5.41, 5.74) is 5.04. The normalized spacial score (nSPS) is 24.9. The molecule has 0 aliphatic heterocycles. The average Bonchev–Trinajstić information content (AvgIpc) is 2.93. The summed E-state index contributed by atoms with van der Waals surface area (Å²) in [6, 6.07) is 0.288. The third kappa shape index (κ3) is 2.96. The fraction of sp³-hybridized carbons (Fsp3) is 0.786. The minimum Gasteiger partial charge on any atom is -0.271 e. The molecule has 1 aromatic rings. The average molecular weight is 285 g/mol. The van der Waals surface area contributed by atoms with E-state index in [4.69, 9.17) is 17.4 Å². The molecule has 0 amide bonds. The predicted octanol–water partition coefficient (Wildman–Crippen LogP) is 2.68. The topological polar surface area (TPSA) is 55.9 Å². The van der Waals surface area contributed by atoms with E-state index in [0.717, 1.165) is 35.3 Å². The summed E-state index contributed by atoms with van der Waals surface area (Å²) in [5, 5.41) is 5.28. The molecular weight excluding hydrogens is 260 g/mol. The van der Waals surface area contributed by atoms with Crippen molar-refractivity contribution in [3.63, 3.8) is 0 Å². The lowest BCUT2D eigenvalue weighted by Crippen LogP contribution is -2.43. The van der Waals surface area contributed by atoms with Crippen LogP contribution in [0.5, 0.6) is 0 Å². The number of nitrogens with two attached hydrogens (primary N) is 1. The monoisotopic (exact) mass is 284 g/mol. The fourth-order valence-electron chi connectivity index (χ4n) is 3.38. The van der Waals surface area contributed by atoms with Crippen LogP contribution in [0, 0.1) is 18.8 Å². The van der Waals surface area contributed by atoms with Gasteiger partial charge in [-0.15, -0.1) is 0 Å². The zero-order valence-electron chi connectivity index (χ0n) is 12.1. The molecule has 1 aliphatic rings. The van der Waals surface area contributed by atoms with Gasteiger partial charge >= 0.3 is 0 Å². The second-order valence-electron chi connectivity index (χ2n) is 5.71. The van der Waals surface area contributed by atoms with Gasteiger partial charge in [0.2, 0.25) is 0 Å². The maximum absolute atomic E-state index is 6.38. The molecule has 4 nitrogen and oxygen atoms in total. The summed E-state index contributed by atoms with van der Waals surface area (Å²) in [6.07, 6.45) is 4.73. The van der Waals surface area contributed by atoms with Crippen LogP contribution in [0.3, 0.4) is 0 Å². The van der Waals surface area contributed by atoms with Gasteiger partial charge in [-0.2, -0.15) is 5.10 Å². The highest BCUT2D eigenvalue weighted by Crippen LogP contribution is 2.35. The number of nitrogens with zero attached hydrogens (tertiary/aromatic N) is 2. The van der Waals surface area contributed by atoms with Gasteiger partial charge in [-0.3, -0.25) is 16.0 Å². The van der Waals surface area contributed by atoms with Crippen LogP contribution in [0.25, 0.3) is 0 Å². The quantitative estimate of drug-likeness (QED) is 0.646. The summed E-state index contributed by atoms with van der Waals surface area (Å²) in [5.74, 6) is 7.16. The van der Waals surface area contributed by atoms with Crippen molar-refractivity contribution in [3.05, 3.63) is 16.4 Å². The van der Waals surface area contributed by atoms with Crippen LogP contribution in [0.2, 0.25) is 5.02 Å². The number of aromatic nitrogens is 2. The molecule has 0 aromatic carbocycles. The lowest BCUT2D eigenvalue weighted by atomic mass is 9.88. The number of hydrazine groups is 1. The van der Waals surface area contributed by atoms with E-state index in [1.165, 1.54) is 19.3 Å². The van der Waals surface area contributed by atoms with Gasteiger partial charge in [0.05, 0.1) is 16.4 Å². The largest absolute Gasteiger partial charge is 0.271 e. The fourth-order valence-corrected chi connectivity index (χ4v) is 3.59. The lowest BCUT2D eigenvalue weighted by Gasteiger charge is -2.26. The minimum atomic E-state index is 0.288. The predicted molar refractivity (Wildman–Crippen MR) is 79.0 cm³/mol. The number of nitrogens with one attached hydrogen (secondary N) is 1. The van der Waals surface area contributed by atoms with Gasteiger partial charge < -0.3 is 0 Å². The Bertz CT molecular complexity index is 429. The Morgan fingerprint density at radius 2 is 2.26 bits per heavy atom. The number of aryl methyl sites for hydroxylation is 2. The molecule has 19 heavy (non-hydrogen) atoms. The van der Waals surface area contributed by atoms with Gasteiger partial charge in [0.1, 0.15) is 0 Å². The Labute approximate surface area is 120 Å². The summed E-state index contributed by atoms with van der Waals surface area (Å²) in [4.78, 5) is 0. The van der Waals surface area contributed by atoms with E-state index in [-0.39, 0.29) is 6.04 Å². The lowest BCUT2D eigenvalue weighted by molar-refractivity contribution is 0.293. The Morgan fingerprint density at radius 1 is 1.53 bits per heavy atom. The molecule has 1 aliphatic carbocycles. The van der Waals surface area contributed by atoms with E-state index < -0.39 is 0 Å². The molecular formula is C14H25ClN4. The summed E-state index contributed by atoms with van der Waals surface area (Å²) >= 11 is 6.38. The molecule has 1 aromatic heterocycles. The zero-order valence-corrected chi connectivity index (χ0v) is 12.9. The van der Waals surface area contributed by atoms with E-state index in [1.807, 2.05) is 11.6 Å². The molecule has 3 atom stereocenters. The van der Waals surface area contributed by atoms with Crippen molar-refractivity contribution in [2.75, 3.05) is 0 Å². The SMILES string of the molecule is CCn1nc(C)c(Cl)c1CC(NN)C1CCCC1C. The molecule has 3 unspecified atom stereocenters. The van der Waals surface area contributed by atoms with Crippen LogP contribution in [0.4, 0.5) is 0 Å². The van der Waals surface area contributed by atoms with Crippen molar-refractivity contribution in [2.45, 2.75) is 59.0 Å². The van der Waals surface area contributed by atoms with Crippen molar-refractivity contribution in [2.24, 2.45) is 17.7 Å². The summed E-state index contributed by atoms with van der Waals surface area (Å²) < 4.78 is 2.00. The highest BCUT2D eigenvalue weighted by atomic mass is 35.5. The number of halogens is 1. The van der Waals surface area contributed by atoms with E-state index >= 15 is 0 Å². The Hall–Kier alpha value is -0.580. The van der Waals surface area contributed by atoms with Gasteiger partial charge in [0.25, 0.3) is 0 Å². The third-order valence-electron chi connectivity index (χ3n) is 4.52. The molecule has 0 spiro atoms. The van der Waals surface area contributed by atoms with E-state index in [0.29, 0.717) is 5.92 Å². The second-order valence-corrected chi connectivity index (χ2v) is 6.09. The molecule has 3 N–H and O–H groups in total. The van der Waals surface area contributed by atoms with Crippen molar-refractivity contribution >= 4 is 11.6 Å². The third-order valence-corrected chi connectivity index (χ3v) is 5.02. The van der Waals surface area contributed by atoms with Gasteiger partial charge in [-0.25, -0.2) is 0 Å². The summed E-state index contributed by atoms with van der Waals surface area (Å²) in [6.45, 7) is 7.22. The van der Waals surface area contributed by atoms with E-state index in [1.54, 1.807) is 0 Å². The molecule has 108 valence electrons. The van der Waals surface area contributed by atoms with Crippen LogP contribution in [0.1, 0.15) is 44.5 Å². The molecule has 5 heteroatoms. The molecule has 0 bridgehead atoms. The first-order valence-electron chi connectivity index (χ1n) is 7.26. The van der Waals surface area contributed by atoms with Gasteiger partial charge in [0, 0.05) is 19.0 Å². The number of hydrogen-bond acceptors (Lipinski definition) is 3. The van der Waals surface area contributed by atoms with E-state index in [2.05, 4.69) is 24.4 Å². The van der Waals surface area contributed by atoms with Crippen LogP contribution >= 0.6 is 11.6 Å². The smallest absolute Gasteiger partial charge is 0.0847 e. The molecule has 1 heterocycles. The molecule has 1 fully saturated rings. The standard InChI is InChI=1S/C14H25ClN4/c1-4-19-13(14(15)10(3)18-19)8-12(17-16)11-7-5-6-9(11)2/h9,11-12,17H,4-8,16H2,1-3H3. The van der Waals surface area contributed by atoms with Crippen molar-refractivity contribution < 1.29 is 0 Å². The minimum absolute atomic E-state index is 0.288. The Morgan fingerprint density at radius 3 is 2.79 bits per heavy atom. The maximum Gasteiger partial charge on any atom is 0.0847 e. The Balaban J connectivity index is 2.18.